The number of benzene rings is 2. The fourth-order valence-corrected chi connectivity index (χ4v) is 3.96. The normalized spacial score (nSPS) is 21.5. The molecule has 28 heavy (non-hydrogen) atoms. The SMILES string of the molecule is COc1cc(C2NN=C3CCN(C)CC32)cc(OC)c1OCc1ccccc1. The van der Waals surface area contributed by atoms with Gasteiger partial charge >= 0.3 is 0 Å². The first-order chi connectivity index (χ1) is 13.7. The van der Waals surface area contributed by atoms with Crippen LogP contribution in [0.5, 0.6) is 17.2 Å². The van der Waals surface area contributed by atoms with Gasteiger partial charge < -0.3 is 24.5 Å². The topological polar surface area (TPSA) is 55.3 Å². The molecule has 2 aliphatic rings. The van der Waals surface area contributed by atoms with Crippen LogP contribution in [0.1, 0.15) is 23.6 Å². The quantitative estimate of drug-likeness (QED) is 0.833. The van der Waals surface area contributed by atoms with Gasteiger partial charge in [0.15, 0.2) is 11.5 Å². The van der Waals surface area contributed by atoms with Crippen LogP contribution in [0, 0.1) is 5.92 Å². The van der Waals surface area contributed by atoms with Crippen LogP contribution >= 0.6 is 0 Å². The van der Waals surface area contributed by atoms with Crippen molar-refractivity contribution in [1.82, 2.24) is 10.3 Å². The Morgan fingerprint density at radius 1 is 1.11 bits per heavy atom. The standard InChI is InChI=1S/C22H27N3O3/c1-25-10-9-18-17(13-25)21(24-23-18)16-11-19(26-2)22(20(12-16)27-3)28-14-15-7-5-4-6-8-15/h4-8,11-12,17,21,24H,9-10,13-14H2,1-3H3. The summed E-state index contributed by atoms with van der Waals surface area (Å²) in [6.45, 7) is 2.51. The Bertz CT molecular complexity index is 828. The summed E-state index contributed by atoms with van der Waals surface area (Å²) in [6.07, 6.45) is 1.01. The van der Waals surface area contributed by atoms with E-state index in [-0.39, 0.29) is 6.04 Å². The van der Waals surface area contributed by atoms with E-state index in [4.69, 9.17) is 14.2 Å². The van der Waals surface area contributed by atoms with Crippen LogP contribution in [0.4, 0.5) is 0 Å². The molecular formula is C22H27N3O3. The van der Waals surface area contributed by atoms with Gasteiger partial charge in [0, 0.05) is 31.1 Å². The van der Waals surface area contributed by atoms with Crippen LogP contribution in [0.3, 0.4) is 0 Å². The number of hydrogen-bond donors (Lipinski definition) is 1. The minimum absolute atomic E-state index is 0.115. The molecule has 2 aromatic rings. The molecule has 2 heterocycles. The number of piperidine rings is 1. The second kappa shape index (κ2) is 8.10. The number of methoxy groups -OCH3 is 2. The first-order valence-corrected chi connectivity index (χ1v) is 9.62. The highest BCUT2D eigenvalue weighted by Crippen LogP contribution is 2.43. The molecule has 0 aromatic heterocycles. The molecule has 6 nitrogen and oxygen atoms in total. The lowest BCUT2D eigenvalue weighted by Crippen LogP contribution is -2.39. The number of ether oxygens (including phenoxy) is 3. The molecule has 0 saturated carbocycles. The molecule has 4 rings (SSSR count). The molecule has 148 valence electrons. The summed E-state index contributed by atoms with van der Waals surface area (Å²) >= 11 is 0. The fraction of sp³-hybridized carbons (Fsp3) is 0.409. The van der Waals surface area contributed by atoms with Crippen LogP contribution in [0.25, 0.3) is 0 Å². The lowest BCUT2D eigenvalue weighted by Gasteiger charge is -2.31. The monoisotopic (exact) mass is 381 g/mol. The molecule has 6 heteroatoms. The summed E-state index contributed by atoms with van der Waals surface area (Å²) in [5, 5.41) is 4.59. The van der Waals surface area contributed by atoms with Crippen LogP contribution in [-0.2, 0) is 6.61 Å². The summed E-state index contributed by atoms with van der Waals surface area (Å²) in [5.74, 6) is 2.33. The Balaban J connectivity index is 1.60. The van der Waals surface area contributed by atoms with Gasteiger partial charge in [0.05, 0.1) is 20.3 Å². The first kappa shape index (κ1) is 18.6. The first-order valence-electron chi connectivity index (χ1n) is 9.62. The minimum atomic E-state index is 0.115. The van der Waals surface area contributed by atoms with E-state index in [0.29, 0.717) is 29.8 Å². The van der Waals surface area contributed by atoms with Crippen molar-refractivity contribution in [2.24, 2.45) is 11.0 Å². The van der Waals surface area contributed by atoms with E-state index in [1.165, 1.54) is 5.71 Å². The zero-order valence-corrected chi connectivity index (χ0v) is 16.6. The predicted octanol–water partition coefficient (Wildman–Crippen LogP) is 3.23. The van der Waals surface area contributed by atoms with Gasteiger partial charge in [-0.1, -0.05) is 30.3 Å². The molecule has 1 fully saturated rings. The molecule has 0 aliphatic carbocycles. The number of nitrogens with zero attached hydrogens (tertiary/aromatic N) is 2. The maximum Gasteiger partial charge on any atom is 0.203 e. The summed E-state index contributed by atoms with van der Waals surface area (Å²) < 4.78 is 17.4. The number of hydrazone groups is 1. The van der Waals surface area contributed by atoms with Crippen LogP contribution in [-0.4, -0.2) is 45.0 Å². The van der Waals surface area contributed by atoms with Gasteiger partial charge in [-0.15, -0.1) is 0 Å². The van der Waals surface area contributed by atoms with E-state index in [1.54, 1.807) is 14.2 Å². The third-order valence-corrected chi connectivity index (χ3v) is 5.50. The molecule has 0 bridgehead atoms. The Labute approximate surface area is 166 Å². The lowest BCUT2D eigenvalue weighted by molar-refractivity contribution is 0.262. The van der Waals surface area contributed by atoms with Crippen molar-refractivity contribution in [3.63, 3.8) is 0 Å². The zero-order valence-electron chi connectivity index (χ0n) is 16.6. The highest BCUT2D eigenvalue weighted by Gasteiger charge is 2.37. The molecule has 0 spiro atoms. The van der Waals surface area contributed by atoms with Crippen LogP contribution in [0.15, 0.2) is 47.6 Å². The number of hydrogen-bond acceptors (Lipinski definition) is 6. The molecule has 2 aromatic carbocycles. The van der Waals surface area contributed by atoms with E-state index in [0.717, 1.165) is 30.6 Å². The second-order valence-corrected chi connectivity index (χ2v) is 7.36. The molecule has 1 N–H and O–H groups in total. The molecule has 2 unspecified atom stereocenters. The summed E-state index contributed by atoms with van der Waals surface area (Å²) in [5.41, 5.74) is 6.77. The van der Waals surface area contributed by atoms with Crippen LogP contribution in [0.2, 0.25) is 0 Å². The maximum atomic E-state index is 6.07. The van der Waals surface area contributed by atoms with Gasteiger partial charge in [0.2, 0.25) is 5.75 Å². The minimum Gasteiger partial charge on any atom is -0.493 e. The van der Waals surface area contributed by atoms with Crippen LogP contribution < -0.4 is 19.6 Å². The molecule has 1 saturated heterocycles. The maximum absolute atomic E-state index is 6.07. The predicted molar refractivity (Wildman–Crippen MR) is 109 cm³/mol. The molecule has 2 aliphatic heterocycles. The van der Waals surface area contributed by atoms with E-state index in [9.17, 15) is 0 Å². The van der Waals surface area contributed by atoms with Gasteiger partial charge in [0.1, 0.15) is 6.61 Å². The van der Waals surface area contributed by atoms with Crippen molar-refractivity contribution in [2.45, 2.75) is 19.1 Å². The van der Waals surface area contributed by atoms with Crippen molar-refractivity contribution >= 4 is 5.71 Å². The fourth-order valence-electron chi connectivity index (χ4n) is 3.96. The smallest absolute Gasteiger partial charge is 0.203 e. The Morgan fingerprint density at radius 3 is 2.50 bits per heavy atom. The summed E-state index contributed by atoms with van der Waals surface area (Å²) in [7, 11) is 5.48. The lowest BCUT2D eigenvalue weighted by atomic mass is 9.86. The van der Waals surface area contributed by atoms with Gasteiger partial charge in [-0.2, -0.15) is 5.10 Å². The number of nitrogens with one attached hydrogen (secondary N) is 1. The Hall–Kier alpha value is -2.73. The Morgan fingerprint density at radius 2 is 1.82 bits per heavy atom. The van der Waals surface area contributed by atoms with E-state index in [1.807, 2.05) is 42.5 Å². The van der Waals surface area contributed by atoms with Crippen molar-refractivity contribution < 1.29 is 14.2 Å². The molecule has 0 amide bonds. The van der Waals surface area contributed by atoms with Crippen molar-refractivity contribution in [3.05, 3.63) is 53.6 Å². The van der Waals surface area contributed by atoms with Gasteiger partial charge in [0.25, 0.3) is 0 Å². The van der Waals surface area contributed by atoms with Crippen molar-refractivity contribution in [1.29, 1.82) is 0 Å². The average molecular weight is 381 g/mol. The van der Waals surface area contributed by atoms with Gasteiger partial charge in [-0.05, 0) is 30.3 Å². The van der Waals surface area contributed by atoms with E-state index in [2.05, 4.69) is 22.5 Å². The Kier molecular flexibility index (Phi) is 5.39. The third-order valence-electron chi connectivity index (χ3n) is 5.50. The second-order valence-electron chi connectivity index (χ2n) is 7.36. The van der Waals surface area contributed by atoms with Gasteiger partial charge in [-0.25, -0.2) is 0 Å². The summed E-state index contributed by atoms with van der Waals surface area (Å²) in [4.78, 5) is 2.36. The number of likely N-dealkylation sites (tertiary alicyclic amines) is 1. The highest BCUT2D eigenvalue weighted by atomic mass is 16.5. The largest absolute Gasteiger partial charge is 0.493 e. The molecular weight excluding hydrogens is 354 g/mol. The molecule has 2 atom stereocenters. The zero-order chi connectivity index (χ0) is 19.5. The number of rotatable bonds is 6. The average Bonchev–Trinajstić information content (AvgIpc) is 3.15. The summed E-state index contributed by atoms with van der Waals surface area (Å²) in [6, 6.07) is 14.3. The van der Waals surface area contributed by atoms with E-state index >= 15 is 0 Å². The third kappa shape index (κ3) is 3.64. The number of fused-ring (bicyclic) bond motifs is 1. The van der Waals surface area contributed by atoms with Crippen molar-refractivity contribution in [2.75, 3.05) is 34.4 Å². The highest BCUT2D eigenvalue weighted by molar-refractivity contribution is 5.90. The van der Waals surface area contributed by atoms with Crippen molar-refractivity contribution in [3.8, 4) is 17.2 Å². The van der Waals surface area contributed by atoms with E-state index < -0.39 is 0 Å². The van der Waals surface area contributed by atoms with Gasteiger partial charge in [-0.3, -0.25) is 0 Å². The molecule has 0 radical (unpaired) electrons.